The van der Waals surface area contributed by atoms with Crippen molar-refractivity contribution in [2.75, 3.05) is 19.8 Å². The molecule has 2 aliphatic heterocycles. The van der Waals surface area contributed by atoms with E-state index in [0.717, 1.165) is 35.5 Å². The first-order valence-electron chi connectivity index (χ1n) is 12.9. The molecule has 2 aliphatic rings. The van der Waals surface area contributed by atoms with Crippen molar-refractivity contribution in [3.63, 3.8) is 0 Å². The molecule has 2 N–H and O–H groups in total. The Labute approximate surface area is 213 Å². The SMILES string of the molecule is CCCOc1ccc(C2OC(C(O)CO)C3OC(c4ccc(OCCC)cc4)OC(CC)C3O2)cc1. The number of aliphatic hydroxyl groups excluding tert-OH is 2. The van der Waals surface area contributed by atoms with E-state index < -0.39 is 43.6 Å². The van der Waals surface area contributed by atoms with Crippen molar-refractivity contribution in [3.8, 4) is 11.5 Å². The lowest BCUT2D eigenvalue weighted by Crippen LogP contribution is -2.61. The Balaban J connectivity index is 1.53. The summed E-state index contributed by atoms with van der Waals surface area (Å²) in [6.07, 6.45) is -2.22. The molecule has 7 atom stereocenters. The van der Waals surface area contributed by atoms with Crippen LogP contribution in [0.15, 0.2) is 48.5 Å². The summed E-state index contributed by atoms with van der Waals surface area (Å²) in [5, 5.41) is 20.4. The van der Waals surface area contributed by atoms with Gasteiger partial charge in [0.05, 0.1) is 25.9 Å². The van der Waals surface area contributed by atoms with E-state index in [2.05, 4.69) is 13.8 Å². The summed E-state index contributed by atoms with van der Waals surface area (Å²) in [6, 6.07) is 15.1. The summed E-state index contributed by atoms with van der Waals surface area (Å²) in [7, 11) is 0. The standard InChI is InChI=1S/C28H38O8/c1-4-15-31-20-11-7-18(8-12-20)27-33-23(6-3)25-26(36-27)24(22(30)17-29)34-28(35-25)19-9-13-21(14-10-19)32-16-5-2/h7-14,22-30H,4-6,15-17H2,1-3H3. The summed E-state index contributed by atoms with van der Waals surface area (Å²) in [6.45, 7) is 6.99. The summed E-state index contributed by atoms with van der Waals surface area (Å²) in [5.74, 6) is 1.55. The van der Waals surface area contributed by atoms with Gasteiger partial charge in [-0.2, -0.15) is 0 Å². The molecule has 0 saturated carbocycles. The van der Waals surface area contributed by atoms with Crippen LogP contribution in [-0.4, -0.2) is 60.6 Å². The van der Waals surface area contributed by atoms with Crippen LogP contribution in [0.3, 0.4) is 0 Å². The van der Waals surface area contributed by atoms with Crippen LogP contribution in [0.2, 0.25) is 0 Å². The Hall–Kier alpha value is -2.20. The average molecular weight is 503 g/mol. The van der Waals surface area contributed by atoms with Crippen LogP contribution in [0.25, 0.3) is 0 Å². The minimum atomic E-state index is -1.14. The van der Waals surface area contributed by atoms with Crippen LogP contribution in [-0.2, 0) is 18.9 Å². The van der Waals surface area contributed by atoms with E-state index in [1.54, 1.807) is 0 Å². The van der Waals surface area contributed by atoms with Crippen LogP contribution in [0, 0.1) is 0 Å². The van der Waals surface area contributed by atoms with Gasteiger partial charge < -0.3 is 38.6 Å². The number of rotatable bonds is 11. The molecule has 0 amide bonds. The van der Waals surface area contributed by atoms with Gasteiger partial charge in [-0.25, -0.2) is 0 Å². The quantitative estimate of drug-likeness (QED) is 0.470. The van der Waals surface area contributed by atoms with Crippen molar-refractivity contribution in [2.45, 2.75) is 83.1 Å². The molecule has 2 aromatic carbocycles. The molecule has 8 heteroatoms. The first kappa shape index (κ1) is 26.9. The molecule has 2 fully saturated rings. The van der Waals surface area contributed by atoms with Gasteiger partial charge in [0.15, 0.2) is 12.6 Å². The number of ether oxygens (including phenoxy) is 6. The number of fused-ring (bicyclic) bond motifs is 1. The lowest BCUT2D eigenvalue weighted by molar-refractivity contribution is -0.391. The number of hydrogen-bond donors (Lipinski definition) is 2. The molecule has 0 bridgehead atoms. The third kappa shape index (κ3) is 6.19. The molecular weight excluding hydrogens is 464 g/mol. The Morgan fingerprint density at radius 3 is 1.69 bits per heavy atom. The number of benzene rings is 2. The predicted molar refractivity (Wildman–Crippen MR) is 133 cm³/mol. The minimum Gasteiger partial charge on any atom is -0.494 e. The normalized spacial score (nSPS) is 28.8. The maximum atomic E-state index is 10.7. The molecule has 2 aromatic rings. The Morgan fingerprint density at radius 1 is 0.722 bits per heavy atom. The van der Waals surface area contributed by atoms with Gasteiger partial charge in [-0.3, -0.25) is 0 Å². The van der Waals surface area contributed by atoms with Gasteiger partial charge in [0.2, 0.25) is 0 Å². The van der Waals surface area contributed by atoms with E-state index in [1.165, 1.54) is 0 Å². The van der Waals surface area contributed by atoms with E-state index in [4.69, 9.17) is 28.4 Å². The van der Waals surface area contributed by atoms with Crippen molar-refractivity contribution in [1.82, 2.24) is 0 Å². The molecule has 0 aliphatic carbocycles. The van der Waals surface area contributed by atoms with Gasteiger partial charge in [-0.15, -0.1) is 0 Å². The molecule has 0 radical (unpaired) electrons. The topological polar surface area (TPSA) is 95.8 Å². The van der Waals surface area contributed by atoms with Crippen molar-refractivity contribution in [2.24, 2.45) is 0 Å². The lowest BCUT2D eigenvalue weighted by atomic mass is 9.94. The molecule has 4 rings (SSSR count). The zero-order chi connectivity index (χ0) is 25.5. The third-order valence-electron chi connectivity index (χ3n) is 6.37. The van der Waals surface area contributed by atoms with E-state index in [9.17, 15) is 10.2 Å². The van der Waals surface area contributed by atoms with Gasteiger partial charge in [0.1, 0.15) is 35.9 Å². The molecule has 2 saturated heterocycles. The number of hydrogen-bond acceptors (Lipinski definition) is 8. The highest BCUT2D eigenvalue weighted by molar-refractivity contribution is 5.29. The maximum absolute atomic E-state index is 10.7. The molecule has 0 aromatic heterocycles. The van der Waals surface area contributed by atoms with Gasteiger partial charge in [-0.1, -0.05) is 45.0 Å². The average Bonchev–Trinajstić information content (AvgIpc) is 2.93. The summed E-state index contributed by atoms with van der Waals surface area (Å²) in [5.41, 5.74) is 1.62. The Morgan fingerprint density at radius 2 is 1.22 bits per heavy atom. The Kier molecular flexibility index (Phi) is 9.59. The van der Waals surface area contributed by atoms with E-state index in [1.807, 2.05) is 55.5 Å². The highest BCUT2D eigenvalue weighted by atomic mass is 16.8. The molecule has 2 heterocycles. The fraction of sp³-hybridized carbons (Fsp3) is 0.571. The molecule has 0 spiro atoms. The van der Waals surface area contributed by atoms with Crippen LogP contribution in [0.1, 0.15) is 63.7 Å². The molecule has 8 nitrogen and oxygen atoms in total. The van der Waals surface area contributed by atoms with Gasteiger partial charge >= 0.3 is 0 Å². The van der Waals surface area contributed by atoms with Crippen molar-refractivity contribution < 1.29 is 38.6 Å². The van der Waals surface area contributed by atoms with Crippen LogP contribution < -0.4 is 9.47 Å². The van der Waals surface area contributed by atoms with E-state index in [0.29, 0.717) is 19.6 Å². The second kappa shape index (κ2) is 12.9. The van der Waals surface area contributed by atoms with Crippen LogP contribution in [0.5, 0.6) is 11.5 Å². The first-order valence-corrected chi connectivity index (χ1v) is 12.9. The maximum Gasteiger partial charge on any atom is 0.184 e. The highest BCUT2D eigenvalue weighted by Crippen LogP contribution is 2.42. The fourth-order valence-corrected chi connectivity index (χ4v) is 4.46. The molecule has 198 valence electrons. The van der Waals surface area contributed by atoms with Crippen LogP contribution >= 0.6 is 0 Å². The second-order valence-corrected chi connectivity index (χ2v) is 9.13. The van der Waals surface area contributed by atoms with E-state index in [-0.39, 0.29) is 6.10 Å². The van der Waals surface area contributed by atoms with Gasteiger partial charge in [-0.05, 0) is 43.5 Å². The lowest BCUT2D eigenvalue weighted by Gasteiger charge is -2.50. The monoisotopic (exact) mass is 502 g/mol. The van der Waals surface area contributed by atoms with Crippen molar-refractivity contribution in [3.05, 3.63) is 59.7 Å². The summed E-state index contributed by atoms with van der Waals surface area (Å²) >= 11 is 0. The zero-order valence-electron chi connectivity index (χ0n) is 21.2. The molecule has 7 unspecified atom stereocenters. The third-order valence-corrected chi connectivity index (χ3v) is 6.37. The van der Waals surface area contributed by atoms with Gasteiger partial charge in [0, 0.05) is 11.1 Å². The first-order chi connectivity index (χ1) is 17.6. The Bertz CT molecular complexity index is 910. The van der Waals surface area contributed by atoms with Crippen molar-refractivity contribution >= 4 is 0 Å². The number of aliphatic hydroxyl groups is 2. The smallest absolute Gasteiger partial charge is 0.184 e. The minimum absolute atomic E-state index is 0.295. The van der Waals surface area contributed by atoms with Gasteiger partial charge in [0.25, 0.3) is 0 Å². The van der Waals surface area contributed by atoms with Crippen molar-refractivity contribution in [1.29, 1.82) is 0 Å². The predicted octanol–water partition coefficient (Wildman–Crippen LogP) is 4.29. The zero-order valence-corrected chi connectivity index (χ0v) is 21.2. The van der Waals surface area contributed by atoms with Crippen LogP contribution in [0.4, 0.5) is 0 Å². The molecular formula is C28H38O8. The second-order valence-electron chi connectivity index (χ2n) is 9.13. The highest BCUT2D eigenvalue weighted by Gasteiger charge is 2.51. The molecule has 36 heavy (non-hydrogen) atoms. The summed E-state index contributed by atoms with van der Waals surface area (Å²) < 4.78 is 36.5. The largest absolute Gasteiger partial charge is 0.494 e. The van der Waals surface area contributed by atoms with E-state index >= 15 is 0 Å². The fourth-order valence-electron chi connectivity index (χ4n) is 4.46. The summed E-state index contributed by atoms with van der Waals surface area (Å²) in [4.78, 5) is 0.